The Balaban J connectivity index is 1.37. The highest BCUT2D eigenvalue weighted by Crippen LogP contribution is 2.66. The lowest BCUT2D eigenvalue weighted by atomic mass is 9.56. The van der Waals surface area contributed by atoms with Crippen molar-refractivity contribution in [1.29, 1.82) is 0 Å². The third-order valence-electron chi connectivity index (χ3n) is 9.98. The number of nitrogens with zero attached hydrogens (tertiary/aromatic N) is 2. The Bertz CT molecular complexity index is 1910. The summed E-state index contributed by atoms with van der Waals surface area (Å²) in [5.74, 6) is -6.61. The average Bonchev–Trinajstić information content (AvgIpc) is 3.37. The molecule has 2 heterocycles. The first-order chi connectivity index (χ1) is 21.8. The summed E-state index contributed by atoms with van der Waals surface area (Å²) >= 11 is 14.7. The van der Waals surface area contributed by atoms with Gasteiger partial charge in [0.05, 0.1) is 23.2 Å². The first kappa shape index (κ1) is 30.3. The van der Waals surface area contributed by atoms with Crippen molar-refractivity contribution in [2.24, 2.45) is 17.8 Å². The molecular weight excluding hydrogens is 634 g/mol. The van der Waals surface area contributed by atoms with Crippen molar-refractivity contribution < 1.29 is 33.5 Å². The maximum Gasteiger partial charge on any atom is 0.258 e. The van der Waals surface area contributed by atoms with Crippen LogP contribution in [0.1, 0.15) is 47.2 Å². The van der Waals surface area contributed by atoms with Gasteiger partial charge in [0.1, 0.15) is 11.6 Å². The maximum absolute atomic E-state index is 14.4. The van der Waals surface area contributed by atoms with E-state index in [0.29, 0.717) is 28.0 Å². The van der Waals surface area contributed by atoms with E-state index in [0.717, 1.165) is 21.9 Å². The fourth-order valence-corrected chi connectivity index (χ4v) is 8.67. The Morgan fingerprint density at radius 1 is 0.870 bits per heavy atom. The third-order valence-corrected chi connectivity index (χ3v) is 11.4. The van der Waals surface area contributed by atoms with E-state index in [1.165, 1.54) is 25.1 Å². The van der Waals surface area contributed by atoms with Crippen LogP contribution in [0.25, 0.3) is 0 Å². The second-order valence-electron chi connectivity index (χ2n) is 12.4. The van der Waals surface area contributed by atoms with Crippen LogP contribution in [0, 0.1) is 30.5 Å². The summed E-state index contributed by atoms with van der Waals surface area (Å²) in [6.07, 6.45) is 1.80. The molecule has 0 radical (unpaired) electrons. The third kappa shape index (κ3) is 4.00. The van der Waals surface area contributed by atoms with Crippen LogP contribution in [-0.2, 0) is 19.2 Å². The van der Waals surface area contributed by atoms with Gasteiger partial charge in [-0.2, -0.15) is 0 Å². The van der Waals surface area contributed by atoms with Gasteiger partial charge in [-0.1, -0.05) is 23.8 Å². The molecule has 0 bridgehead atoms. The van der Waals surface area contributed by atoms with Gasteiger partial charge in [0.15, 0.2) is 15.5 Å². The zero-order valence-corrected chi connectivity index (χ0v) is 26.2. The zero-order chi connectivity index (χ0) is 32.9. The standard InChI is InChI=1S/C35H27Cl2FN2O6/c1-17-15-20(5-14-27(17)42)29-24-12-13-25-28(31(44)39(30(25)43)22-8-3-19(4-9-22)18(2)41)26(24)16-34(36)32(45)40(33(46)35(29,34)37)23-10-6-21(38)7-11-23/h3-12,14-15,25-26,28-29,42H,13,16H2,1-2H3/t25-,26+,28-,29-,34+,35-/m0/s1. The largest absolute Gasteiger partial charge is 0.508 e. The molecule has 8 nitrogen and oxygen atoms in total. The molecule has 4 aliphatic rings. The fraction of sp³-hybridized carbons (Fsp3) is 0.286. The lowest BCUT2D eigenvalue weighted by Gasteiger charge is -2.50. The first-order valence-electron chi connectivity index (χ1n) is 14.8. The second kappa shape index (κ2) is 10.3. The molecule has 0 unspecified atom stereocenters. The van der Waals surface area contributed by atoms with Gasteiger partial charge in [0, 0.05) is 11.5 Å². The van der Waals surface area contributed by atoms with Crippen molar-refractivity contribution in [3.8, 4) is 5.75 Å². The predicted octanol–water partition coefficient (Wildman–Crippen LogP) is 5.81. The topological polar surface area (TPSA) is 112 Å². The zero-order valence-electron chi connectivity index (χ0n) is 24.7. The van der Waals surface area contributed by atoms with Crippen LogP contribution < -0.4 is 9.80 Å². The number of allylic oxidation sites excluding steroid dienone is 2. The maximum atomic E-state index is 14.4. The molecule has 3 aromatic rings. The number of carbonyl (C=O) groups is 5. The van der Waals surface area contributed by atoms with Gasteiger partial charge in [-0.3, -0.25) is 28.9 Å². The molecule has 6 atom stereocenters. The molecule has 0 spiro atoms. The van der Waals surface area contributed by atoms with Crippen LogP contribution in [-0.4, -0.2) is 44.3 Å². The van der Waals surface area contributed by atoms with Gasteiger partial charge in [0.2, 0.25) is 11.8 Å². The Morgan fingerprint density at radius 3 is 2.13 bits per heavy atom. The number of hydrogen-bond donors (Lipinski definition) is 1. The molecule has 1 saturated carbocycles. The number of anilines is 2. The monoisotopic (exact) mass is 660 g/mol. The molecule has 4 amide bonds. The van der Waals surface area contributed by atoms with Gasteiger partial charge in [0.25, 0.3) is 11.8 Å². The summed E-state index contributed by atoms with van der Waals surface area (Å²) in [5.41, 5.74) is 2.44. The Hall–Kier alpha value is -4.34. The van der Waals surface area contributed by atoms with E-state index >= 15 is 0 Å². The summed E-state index contributed by atoms with van der Waals surface area (Å²) in [6, 6.07) is 15.8. The molecular formula is C35H27Cl2FN2O6. The van der Waals surface area contributed by atoms with E-state index in [-0.39, 0.29) is 30.1 Å². The molecule has 3 fully saturated rings. The molecule has 2 aliphatic heterocycles. The van der Waals surface area contributed by atoms with E-state index in [4.69, 9.17) is 23.2 Å². The van der Waals surface area contributed by atoms with Crippen molar-refractivity contribution in [3.63, 3.8) is 0 Å². The predicted molar refractivity (Wildman–Crippen MR) is 168 cm³/mol. The van der Waals surface area contributed by atoms with Gasteiger partial charge < -0.3 is 5.11 Å². The van der Waals surface area contributed by atoms with E-state index < -0.39 is 62.9 Å². The molecule has 234 valence electrons. The molecule has 0 aromatic heterocycles. The van der Waals surface area contributed by atoms with Crippen LogP contribution in [0.4, 0.5) is 15.8 Å². The highest BCUT2D eigenvalue weighted by molar-refractivity contribution is 6.58. The van der Waals surface area contributed by atoms with Gasteiger partial charge in [-0.05, 0) is 98.3 Å². The summed E-state index contributed by atoms with van der Waals surface area (Å²) in [6.45, 7) is 3.10. The lowest BCUT2D eigenvalue weighted by molar-refractivity contribution is -0.125. The van der Waals surface area contributed by atoms with Gasteiger partial charge in [-0.25, -0.2) is 9.29 Å². The SMILES string of the molecule is CC(=O)c1ccc(N2C(=O)[C@H]3[C@H](CC=C4[C@H]3C[C@@]3(Cl)C(=O)N(c5ccc(F)cc5)C(=O)[C@@]3(Cl)[C@H]4c3ccc(O)c(C)c3)C2=O)cc1. The van der Waals surface area contributed by atoms with E-state index in [2.05, 4.69) is 0 Å². The molecule has 3 aromatic carbocycles. The number of halogens is 3. The fourth-order valence-electron chi connectivity index (χ4n) is 7.73. The Morgan fingerprint density at radius 2 is 1.50 bits per heavy atom. The number of aryl methyl sites for hydroxylation is 1. The summed E-state index contributed by atoms with van der Waals surface area (Å²) in [5, 5.41) is 10.3. The Kier molecular flexibility index (Phi) is 6.81. The number of ketones is 1. The smallest absolute Gasteiger partial charge is 0.258 e. The van der Waals surface area contributed by atoms with Crippen molar-refractivity contribution in [2.75, 3.05) is 9.80 Å². The number of imide groups is 2. The molecule has 1 N–H and O–H groups in total. The van der Waals surface area contributed by atoms with Crippen molar-refractivity contribution in [3.05, 3.63) is 101 Å². The number of amides is 4. The summed E-state index contributed by atoms with van der Waals surface area (Å²) in [7, 11) is 0. The number of alkyl halides is 2. The summed E-state index contributed by atoms with van der Waals surface area (Å²) < 4.78 is 13.8. The van der Waals surface area contributed by atoms with Crippen LogP contribution >= 0.6 is 23.2 Å². The van der Waals surface area contributed by atoms with Crippen LogP contribution in [0.3, 0.4) is 0 Å². The molecule has 11 heteroatoms. The minimum atomic E-state index is -2.06. The lowest BCUT2D eigenvalue weighted by Crippen LogP contribution is -2.60. The van der Waals surface area contributed by atoms with Gasteiger partial charge in [-0.15, -0.1) is 23.2 Å². The number of fused-ring (bicyclic) bond motifs is 4. The number of carbonyl (C=O) groups excluding carboxylic acids is 5. The minimum Gasteiger partial charge on any atom is -0.508 e. The van der Waals surface area contributed by atoms with Crippen molar-refractivity contribution >= 4 is 64.0 Å². The summed E-state index contributed by atoms with van der Waals surface area (Å²) in [4.78, 5) is 66.4. The van der Waals surface area contributed by atoms with Crippen LogP contribution in [0.15, 0.2) is 78.4 Å². The number of phenols is 1. The minimum absolute atomic E-state index is 0.0133. The van der Waals surface area contributed by atoms with E-state index in [9.17, 15) is 33.5 Å². The number of aromatic hydroxyl groups is 1. The van der Waals surface area contributed by atoms with E-state index in [1.54, 1.807) is 43.3 Å². The van der Waals surface area contributed by atoms with Gasteiger partial charge >= 0.3 is 0 Å². The highest BCUT2D eigenvalue weighted by atomic mass is 35.5. The normalized spacial score (nSPS) is 30.2. The second-order valence-corrected chi connectivity index (χ2v) is 13.7. The molecule has 2 saturated heterocycles. The van der Waals surface area contributed by atoms with E-state index in [1.807, 2.05) is 6.08 Å². The first-order valence-corrected chi connectivity index (χ1v) is 15.6. The highest BCUT2D eigenvalue weighted by Gasteiger charge is 2.76. The van der Waals surface area contributed by atoms with Crippen LogP contribution in [0.2, 0.25) is 0 Å². The number of benzene rings is 3. The number of Topliss-reactive ketones (excluding diaryl/α,β-unsaturated/α-hetero) is 1. The molecule has 2 aliphatic carbocycles. The van der Waals surface area contributed by atoms with Crippen molar-refractivity contribution in [2.45, 2.75) is 42.4 Å². The van der Waals surface area contributed by atoms with Crippen LogP contribution in [0.5, 0.6) is 5.75 Å². The quantitative estimate of drug-likeness (QED) is 0.164. The number of rotatable bonds is 4. The molecule has 7 rings (SSSR count). The Labute approximate surface area is 273 Å². The average molecular weight is 662 g/mol. The van der Waals surface area contributed by atoms with Crippen molar-refractivity contribution in [1.82, 2.24) is 0 Å². The molecule has 46 heavy (non-hydrogen) atoms. The number of phenolic OH excluding ortho intramolecular Hbond substituents is 1. The number of hydrogen-bond acceptors (Lipinski definition) is 6.